The molecule has 1 unspecified atom stereocenters. The maximum Gasteiger partial charge on any atom is 0.315 e. The molecule has 0 saturated heterocycles. The number of fused-ring (bicyclic) bond motifs is 1. The number of aromatic nitrogens is 2. The average Bonchev–Trinajstić information content (AvgIpc) is 2.98. The molecule has 3 aromatic rings. The van der Waals surface area contributed by atoms with Crippen LogP contribution < -0.4 is 10.6 Å². The predicted octanol–water partition coefficient (Wildman–Crippen LogP) is 3.26. The molecule has 0 saturated carbocycles. The van der Waals surface area contributed by atoms with Crippen LogP contribution in [0, 0.1) is 5.82 Å². The fraction of sp³-hybridized carbons (Fsp3) is 0.176. The van der Waals surface area contributed by atoms with Crippen molar-refractivity contribution >= 4 is 17.1 Å². The van der Waals surface area contributed by atoms with E-state index in [4.69, 9.17) is 0 Å². The van der Waals surface area contributed by atoms with E-state index >= 15 is 0 Å². The summed E-state index contributed by atoms with van der Waals surface area (Å²) in [5, 5.41) is 5.56. The molecule has 0 fully saturated rings. The molecule has 0 aliphatic rings. The van der Waals surface area contributed by atoms with Crippen molar-refractivity contribution in [2.45, 2.75) is 19.5 Å². The lowest BCUT2D eigenvalue weighted by Gasteiger charge is -2.12. The Kier molecular flexibility index (Phi) is 4.23. The molecule has 6 heteroatoms. The fourth-order valence-electron chi connectivity index (χ4n) is 2.28. The summed E-state index contributed by atoms with van der Waals surface area (Å²) in [7, 11) is 0. The van der Waals surface area contributed by atoms with Crippen LogP contribution in [0.5, 0.6) is 0 Å². The summed E-state index contributed by atoms with van der Waals surface area (Å²) >= 11 is 0. The van der Waals surface area contributed by atoms with Gasteiger partial charge in [-0.1, -0.05) is 24.3 Å². The molecule has 3 rings (SSSR count). The molecule has 0 aliphatic heterocycles. The van der Waals surface area contributed by atoms with E-state index in [9.17, 15) is 9.18 Å². The summed E-state index contributed by atoms with van der Waals surface area (Å²) in [5.74, 6) is 0.403. The van der Waals surface area contributed by atoms with Gasteiger partial charge in [0.1, 0.15) is 11.6 Å². The van der Waals surface area contributed by atoms with Gasteiger partial charge in [-0.05, 0) is 36.8 Å². The van der Waals surface area contributed by atoms with Gasteiger partial charge in [-0.3, -0.25) is 0 Å². The number of halogens is 1. The maximum absolute atomic E-state index is 12.8. The Labute approximate surface area is 132 Å². The van der Waals surface area contributed by atoms with Gasteiger partial charge in [0.15, 0.2) is 0 Å². The lowest BCUT2D eigenvalue weighted by Crippen LogP contribution is -2.36. The molecule has 2 amide bonds. The summed E-state index contributed by atoms with van der Waals surface area (Å²) in [5.41, 5.74) is 2.63. The van der Waals surface area contributed by atoms with Crippen LogP contribution in [0.15, 0.2) is 48.5 Å². The molecule has 3 N–H and O–H groups in total. The van der Waals surface area contributed by atoms with E-state index in [0.717, 1.165) is 16.6 Å². The third-order valence-corrected chi connectivity index (χ3v) is 3.53. The van der Waals surface area contributed by atoms with Crippen LogP contribution >= 0.6 is 0 Å². The first kappa shape index (κ1) is 15.0. The average molecular weight is 312 g/mol. The zero-order valence-corrected chi connectivity index (χ0v) is 12.6. The summed E-state index contributed by atoms with van der Waals surface area (Å²) in [6.07, 6.45) is 0. The van der Waals surface area contributed by atoms with E-state index in [0.29, 0.717) is 12.4 Å². The topological polar surface area (TPSA) is 69.8 Å². The van der Waals surface area contributed by atoms with Gasteiger partial charge in [0.2, 0.25) is 0 Å². The smallest absolute Gasteiger partial charge is 0.315 e. The van der Waals surface area contributed by atoms with E-state index in [-0.39, 0.29) is 17.9 Å². The largest absolute Gasteiger partial charge is 0.340 e. The number of nitrogens with one attached hydrogen (secondary N) is 3. The third kappa shape index (κ3) is 3.66. The van der Waals surface area contributed by atoms with Crippen LogP contribution in [0.3, 0.4) is 0 Å². The van der Waals surface area contributed by atoms with Crippen molar-refractivity contribution in [3.8, 4) is 0 Å². The molecule has 5 nitrogen and oxygen atoms in total. The lowest BCUT2D eigenvalue weighted by atomic mass is 10.2. The minimum absolute atomic E-state index is 0.254. The highest BCUT2D eigenvalue weighted by Crippen LogP contribution is 2.15. The predicted molar refractivity (Wildman–Crippen MR) is 86.3 cm³/mol. The first-order chi connectivity index (χ1) is 11.1. The molecule has 2 aromatic carbocycles. The van der Waals surface area contributed by atoms with Gasteiger partial charge < -0.3 is 15.6 Å². The van der Waals surface area contributed by atoms with Crippen molar-refractivity contribution in [1.29, 1.82) is 0 Å². The van der Waals surface area contributed by atoms with Gasteiger partial charge in [0.25, 0.3) is 0 Å². The van der Waals surface area contributed by atoms with E-state index in [1.165, 1.54) is 12.1 Å². The summed E-state index contributed by atoms with van der Waals surface area (Å²) < 4.78 is 12.8. The van der Waals surface area contributed by atoms with Gasteiger partial charge in [-0.25, -0.2) is 14.2 Å². The zero-order valence-electron chi connectivity index (χ0n) is 12.6. The first-order valence-electron chi connectivity index (χ1n) is 7.35. The van der Waals surface area contributed by atoms with Crippen molar-refractivity contribution in [2.75, 3.05) is 0 Å². The second-order valence-corrected chi connectivity index (χ2v) is 5.31. The number of nitrogens with zero attached hydrogens (tertiary/aromatic N) is 1. The number of hydrogen-bond donors (Lipinski definition) is 3. The monoisotopic (exact) mass is 312 g/mol. The molecule has 1 aromatic heterocycles. The van der Waals surface area contributed by atoms with Crippen LogP contribution in [0.25, 0.3) is 11.0 Å². The van der Waals surface area contributed by atoms with Gasteiger partial charge in [-0.15, -0.1) is 0 Å². The Balaban J connectivity index is 1.57. The van der Waals surface area contributed by atoms with Crippen LogP contribution in [0.1, 0.15) is 24.4 Å². The molecule has 23 heavy (non-hydrogen) atoms. The third-order valence-electron chi connectivity index (χ3n) is 3.53. The molecule has 0 bridgehead atoms. The van der Waals surface area contributed by atoms with Gasteiger partial charge >= 0.3 is 6.03 Å². The summed E-state index contributed by atoms with van der Waals surface area (Å²) in [6.45, 7) is 2.19. The molecule has 1 atom stereocenters. The SMILES string of the molecule is CC(NC(=O)NCc1ccc(F)cc1)c1nc2ccccc2[nH]1. The highest BCUT2D eigenvalue weighted by Gasteiger charge is 2.13. The first-order valence-corrected chi connectivity index (χ1v) is 7.35. The number of hydrogen-bond acceptors (Lipinski definition) is 2. The van der Waals surface area contributed by atoms with E-state index in [1.807, 2.05) is 31.2 Å². The Morgan fingerprint density at radius 2 is 1.96 bits per heavy atom. The Bertz CT molecular complexity index is 780. The summed E-state index contributed by atoms with van der Waals surface area (Å²) in [6, 6.07) is 13.1. The van der Waals surface area contributed by atoms with Crippen molar-refractivity contribution in [3.05, 3.63) is 65.7 Å². The second-order valence-electron chi connectivity index (χ2n) is 5.31. The number of amides is 2. The van der Waals surface area contributed by atoms with Crippen LogP contribution in [0.4, 0.5) is 9.18 Å². The van der Waals surface area contributed by atoms with Crippen LogP contribution in [-0.2, 0) is 6.54 Å². The number of para-hydroxylation sites is 2. The Hall–Kier alpha value is -2.89. The maximum atomic E-state index is 12.8. The number of carbonyl (C=O) groups is 1. The van der Waals surface area contributed by atoms with Gasteiger partial charge in [0, 0.05) is 6.54 Å². The van der Waals surface area contributed by atoms with Crippen molar-refractivity contribution in [3.63, 3.8) is 0 Å². The molecule has 118 valence electrons. The fourth-order valence-corrected chi connectivity index (χ4v) is 2.28. The quantitative estimate of drug-likeness (QED) is 0.692. The van der Waals surface area contributed by atoms with E-state index in [2.05, 4.69) is 20.6 Å². The minimum atomic E-state index is -0.303. The standard InChI is InChI=1S/C17H17FN4O/c1-11(16-21-14-4-2-3-5-15(14)22-16)20-17(23)19-10-12-6-8-13(18)9-7-12/h2-9,11H,10H2,1H3,(H,21,22)(H2,19,20,23). The highest BCUT2D eigenvalue weighted by molar-refractivity contribution is 5.76. The normalized spacial score (nSPS) is 12.1. The molecule has 0 radical (unpaired) electrons. The van der Waals surface area contributed by atoms with Crippen molar-refractivity contribution in [2.24, 2.45) is 0 Å². The number of rotatable bonds is 4. The highest BCUT2D eigenvalue weighted by atomic mass is 19.1. The summed E-state index contributed by atoms with van der Waals surface area (Å²) in [4.78, 5) is 19.6. The zero-order chi connectivity index (χ0) is 16.2. The minimum Gasteiger partial charge on any atom is -0.340 e. The van der Waals surface area contributed by atoms with Crippen molar-refractivity contribution in [1.82, 2.24) is 20.6 Å². The number of urea groups is 1. The Morgan fingerprint density at radius 1 is 1.22 bits per heavy atom. The number of imidazole rings is 1. The van der Waals surface area contributed by atoms with Gasteiger partial charge in [0.05, 0.1) is 17.1 Å². The number of carbonyl (C=O) groups excluding carboxylic acids is 1. The van der Waals surface area contributed by atoms with Crippen molar-refractivity contribution < 1.29 is 9.18 Å². The molecular formula is C17H17FN4O. The number of aromatic amines is 1. The van der Waals surface area contributed by atoms with Crippen LogP contribution in [-0.4, -0.2) is 16.0 Å². The number of H-pyrrole nitrogens is 1. The van der Waals surface area contributed by atoms with E-state index in [1.54, 1.807) is 12.1 Å². The number of benzene rings is 2. The molecule has 1 heterocycles. The molecule has 0 aliphatic carbocycles. The Morgan fingerprint density at radius 3 is 2.70 bits per heavy atom. The van der Waals surface area contributed by atoms with Gasteiger partial charge in [-0.2, -0.15) is 0 Å². The molecular weight excluding hydrogens is 295 g/mol. The van der Waals surface area contributed by atoms with E-state index < -0.39 is 0 Å². The second kappa shape index (κ2) is 6.48. The lowest BCUT2D eigenvalue weighted by molar-refractivity contribution is 0.237. The van der Waals surface area contributed by atoms with Crippen LogP contribution in [0.2, 0.25) is 0 Å². The molecule has 0 spiro atoms.